The molecule has 0 aromatic rings. The number of unbranched alkanes of at least 4 members (excludes halogenated alkanes) is 26. The van der Waals surface area contributed by atoms with Crippen LogP contribution in [0, 0.1) is 0 Å². The molecule has 1 unspecified atom stereocenters. The van der Waals surface area contributed by atoms with E-state index in [-0.39, 0.29) is 25.2 Å². The topological polar surface area (TPSA) is 72.8 Å². The van der Waals surface area contributed by atoms with Crippen molar-refractivity contribution in [2.45, 2.75) is 238 Å². The van der Waals surface area contributed by atoms with E-state index in [4.69, 9.17) is 9.47 Å². The number of aliphatic hydroxyl groups excluding tert-OH is 1. The minimum atomic E-state index is -0.775. The van der Waals surface area contributed by atoms with Gasteiger partial charge in [-0.15, -0.1) is 0 Å². The van der Waals surface area contributed by atoms with E-state index in [1.165, 1.54) is 135 Å². The van der Waals surface area contributed by atoms with Crippen LogP contribution in [0.2, 0.25) is 0 Å². The monoisotopic (exact) mass is 757 g/mol. The molecule has 0 saturated heterocycles. The predicted molar refractivity (Wildman–Crippen MR) is 233 cm³/mol. The minimum absolute atomic E-state index is 0.0670. The zero-order chi connectivity index (χ0) is 39.3. The van der Waals surface area contributed by atoms with Crippen molar-refractivity contribution in [2.75, 3.05) is 13.2 Å². The molecule has 0 aromatic heterocycles. The van der Waals surface area contributed by atoms with Gasteiger partial charge in [0, 0.05) is 12.8 Å². The molecule has 0 heterocycles. The SMILES string of the molecule is CC/C=C\C/C=C\C/C=C\C/C=C\CCCCCCCCCCC(=O)OC(CO)COC(=O)CCCCCCCCCCCCCCCCCCCCC. The molecule has 0 aliphatic heterocycles. The molecule has 5 nitrogen and oxygen atoms in total. The van der Waals surface area contributed by atoms with Crippen LogP contribution in [0.4, 0.5) is 0 Å². The van der Waals surface area contributed by atoms with Gasteiger partial charge >= 0.3 is 11.9 Å². The van der Waals surface area contributed by atoms with Crippen LogP contribution in [-0.2, 0) is 19.1 Å². The van der Waals surface area contributed by atoms with Crippen molar-refractivity contribution < 1.29 is 24.2 Å². The van der Waals surface area contributed by atoms with E-state index in [0.29, 0.717) is 12.8 Å². The minimum Gasteiger partial charge on any atom is -0.462 e. The Morgan fingerprint density at radius 1 is 0.444 bits per heavy atom. The van der Waals surface area contributed by atoms with Gasteiger partial charge in [0.1, 0.15) is 6.61 Å². The Hall–Kier alpha value is -2.14. The number of carbonyl (C=O) groups is 2. The maximum Gasteiger partial charge on any atom is 0.306 e. The summed E-state index contributed by atoms with van der Waals surface area (Å²) in [5, 5.41) is 9.60. The maximum atomic E-state index is 12.2. The first-order valence-corrected chi connectivity index (χ1v) is 23.2. The molecule has 0 aliphatic carbocycles. The lowest BCUT2D eigenvalue weighted by Gasteiger charge is -2.15. The molecule has 5 heteroatoms. The van der Waals surface area contributed by atoms with Gasteiger partial charge in [-0.25, -0.2) is 0 Å². The molecular weight excluding hydrogens is 669 g/mol. The van der Waals surface area contributed by atoms with E-state index in [1.54, 1.807) is 0 Å². The third-order valence-electron chi connectivity index (χ3n) is 10.1. The summed E-state index contributed by atoms with van der Waals surface area (Å²) >= 11 is 0. The quantitative estimate of drug-likeness (QED) is 0.0381. The van der Waals surface area contributed by atoms with Crippen LogP contribution in [0.3, 0.4) is 0 Å². The summed E-state index contributed by atoms with van der Waals surface area (Å²) in [6, 6.07) is 0. The van der Waals surface area contributed by atoms with Crippen molar-refractivity contribution in [2.24, 2.45) is 0 Å². The summed E-state index contributed by atoms with van der Waals surface area (Å²) in [6.45, 7) is 4.04. The Morgan fingerprint density at radius 2 is 0.796 bits per heavy atom. The van der Waals surface area contributed by atoms with Crippen molar-refractivity contribution in [1.29, 1.82) is 0 Å². The van der Waals surface area contributed by atoms with E-state index in [9.17, 15) is 14.7 Å². The Morgan fingerprint density at radius 3 is 1.20 bits per heavy atom. The Balaban J connectivity index is 3.52. The maximum absolute atomic E-state index is 12.2. The van der Waals surface area contributed by atoms with Gasteiger partial charge in [-0.1, -0.05) is 217 Å². The summed E-state index contributed by atoms with van der Waals surface area (Å²) in [6.07, 6.45) is 57.6. The Kier molecular flexibility index (Phi) is 43.5. The van der Waals surface area contributed by atoms with Crippen molar-refractivity contribution in [3.8, 4) is 0 Å². The molecule has 1 N–H and O–H groups in total. The zero-order valence-corrected chi connectivity index (χ0v) is 35.7. The molecular formula is C49H88O5. The lowest BCUT2D eigenvalue weighted by molar-refractivity contribution is -0.161. The third kappa shape index (κ3) is 42.6. The molecule has 0 aliphatic rings. The highest BCUT2D eigenvalue weighted by Gasteiger charge is 2.16. The smallest absolute Gasteiger partial charge is 0.306 e. The molecule has 0 spiro atoms. The van der Waals surface area contributed by atoms with Gasteiger partial charge in [0.15, 0.2) is 6.10 Å². The second-order valence-corrected chi connectivity index (χ2v) is 15.5. The van der Waals surface area contributed by atoms with Gasteiger partial charge < -0.3 is 14.6 Å². The first-order chi connectivity index (χ1) is 26.6. The number of hydrogen-bond acceptors (Lipinski definition) is 5. The predicted octanol–water partition coefficient (Wildman–Crippen LogP) is 15.0. The molecule has 0 rings (SSSR count). The van der Waals surface area contributed by atoms with E-state index >= 15 is 0 Å². The fourth-order valence-electron chi connectivity index (χ4n) is 6.66. The van der Waals surface area contributed by atoms with Gasteiger partial charge in [-0.2, -0.15) is 0 Å². The molecule has 0 radical (unpaired) electrons. The largest absolute Gasteiger partial charge is 0.462 e. The van der Waals surface area contributed by atoms with Crippen LogP contribution in [0.15, 0.2) is 48.6 Å². The number of rotatable bonds is 42. The normalized spacial score (nSPS) is 12.6. The van der Waals surface area contributed by atoms with E-state index in [2.05, 4.69) is 62.5 Å². The summed E-state index contributed by atoms with van der Waals surface area (Å²) in [4.78, 5) is 24.4. The van der Waals surface area contributed by atoms with Crippen LogP contribution in [-0.4, -0.2) is 36.4 Å². The lowest BCUT2D eigenvalue weighted by Crippen LogP contribution is -2.28. The van der Waals surface area contributed by atoms with Crippen molar-refractivity contribution >= 4 is 11.9 Å². The third-order valence-corrected chi connectivity index (χ3v) is 10.1. The van der Waals surface area contributed by atoms with Crippen LogP contribution >= 0.6 is 0 Å². The standard InChI is InChI=1S/C49H88O5/c1-3-5-7-9-11-13-15-17-19-21-23-24-26-28-30-32-34-36-38-40-42-44-49(52)54-47(45-50)46-53-48(51)43-41-39-37-35-33-31-29-27-25-22-20-18-16-14-12-10-8-6-4-2/h5,7,11,13,17,19,23-24,47,50H,3-4,6,8-10,12,14-16,18,20-22,25-46H2,1-2H3/b7-5-,13-11-,19-17-,24-23-. The molecule has 1 atom stereocenters. The van der Waals surface area contributed by atoms with Crippen molar-refractivity contribution in [3.63, 3.8) is 0 Å². The van der Waals surface area contributed by atoms with Crippen molar-refractivity contribution in [1.82, 2.24) is 0 Å². The van der Waals surface area contributed by atoms with Gasteiger partial charge in [0.2, 0.25) is 0 Å². The van der Waals surface area contributed by atoms with Crippen LogP contribution in [0.5, 0.6) is 0 Å². The highest BCUT2D eigenvalue weighted by Crippen LogP contribution is 2.16. The fourth-order valence-corrected chi connectivity index (χ4v) is 6.66. The number of aliphatic hydroxyl groups is 1. The van der Waals surface area contributed by atoms with Crippen LogP contribution in [0.1, 0.15) is 232 Å². The average Bonchev–Trinajstić information content (AvgIpc) is 3.17. The molecule has 314 valence electrons. The second kappa shape index (κ2) is 45.3. The summed E-state index contributed by atoms with van der Waals surface area (Å²) in [5.74, 6) is -0.592. The summed E-state index contributed by atoms with van der Waals surface area (Å²) < 4.78 is 10.7. The molecule has 0 aromatic carbocycles. The van der Waals surface area contributed by atoms with E-state index in [0.717, 1.165) is 70.6 Å². The highest BCUT2D eigenvalue weighted by atomic mass is 16.6. The lowest BCUT2D eigenvalue weighted by atomic mass is 10.0. The highest BCUT2D eigenvalue weighted by molar-refractivity contribution is 5.70. The van der Waals surface area contributed by atoms with E-state index < -0.39 is 6.10 Å². The number of hydrogen-bond donors (Lipinski definition) is 1. The number of ether oxygens (including phenoxy) is 2. The number of esters is 2. The summed E-state index contributed by atoms with van der Waals surface area (Å²) in [7, 11) is 0. The molecule has 0 amide bonds. The van der Waals surface area contributed by atoms with Gasteiger partial charge in [0.25, 0.3) is 0 Å². The summed E-state index contributed by atoms with van der Waals surface area (Å²) in [5.41, 5.74) is 0. The zero-order valence-electron chi connectivity index (χ0n) is 35.7. The van der Waals surface area contributed by atoms with Crippen LogP contribution < -0.4 is 0 Å². The van der Waals surface area contributed by atoms with Gasteiger partial charge in [-0.05, 0) is 51.4 Å². The Bertz CT molecular complexity index is 904. The van der Waals surface area contributed by atoms with Gasteiger partial charge in [0.05, 0.1) is 6.61 Å². The fraction of sp³-hybridized carbons (Fsp3) is 0.796. The second-order valence-electron chi connectivity index (χ2n) is 15.5. The van der Waals surface area contributed by atoms with E-state index in [1.807, 2.05) is 0 Å². The molecule has 0 fully saturated rings. The first-order valence-electron chi connectivity index (χ1n) is 23.2. The molecule has 54 heavy (non-hydrogen) atoms. The first kappa shape index (κ1) is 51.9. The van der Waals surface area contributed by atoms with Crippen LogP contribution in [0.25, 0.3) is 0 Å². The number of allylic oxidation sites excluding steroid dienone is 8. The Labute approximate surface area is 335 Å². The van der Waals surface area contributed by atoms with Gasteiger partial charge in [-0.3, -0.25) is 9.59 Å². The molecule has 0 saturated carbocycles. The number of carbonyl (C=O) groups excluding carboxylic acids is 2. The van der Waals surface area contributed by atoms with Crippen molar-refractivity contribution in [3.05, 3.63) is 48.6 Å². The average molecular weight is 757 g/mol. The molecule has 0 bridgehead atoms.